The number of carbonyl (C=O) groups is 1. The summed E-state index contributed by atoms with van der Waals surface area (Å²) in [5.41, 5.74) is 3.39. The van der Waals surface area contributed by atoms with Gasteiger partial charge in [0.1, 0.15) is 0 Å². The number of urea groups is 1. The number of benzene rings is 1. The van der Waals surface area contributed by atoms with E-state index in [0.717, 1.165) is 24.8 Å². The zero-order valence-corrected chi connectivity index (χ0v) is 15.1. The first-order valence-electron chi connectivity index (χ1n) is 8.85. The van der Waals surface area contributed by atoms with Crippen molar-refractivity contribution < 1.29 is 4.79 Å². The van der Waals surface area contributed by atoms with Gasteiger partial charge in [0.25, 0.3) is 0 Å². The van der Waals surface area contributed by atoms with Crippen LogP contribution in [0.4, 0.5) is 4.79 Å². The number of carbonyl (C=O) groups excluding carboxylic acids is 1. The van der Waals surface area contributed by atoms with Gasteiger partial charge in [-0.05, 0) is 38.7 Å². The smallest absolute Gasteiger partial charge is 0.321 e. The third-order valence-corrected chi connectivity index (χ3v) is 5.34. The molecule has 1 aliphatic carbocycles. The summed E-state index contributed by atoms with van der Waals surface area (Å²) in [4.78, 5) is 14.3. The summed E-state index contributed by atoms with van der Waals surface area (Å²) in [6.07, 6.45) is 2.61. The molecule has 1 aliphatic rings. The van der Waals surface area contributed by atoms with Gasteiger partial charge in [-0.15, -0.1) is 0 Å². The Morgan fingerprint density at radius 1 is 1.21 bits per heavy atom. The van der Waals surface area contributed by atoms with E-state index in [1.807, 2.05) is 32.0 Å². The average molecular weight is 325 g/mol. The fourth-order valence-electron chi connectivity index (χ4n) is 3.63. The summed E-state index contributed by atoms with van der Waals surface area (Å²) in [6.45, 7) is 9.45. The number of nitrogens with zero attached hydrogens (tertiary/aromatic N) is 2. The van der Waals surface area contributed by atoms with Gasteiger partial charge in [0, 0.05) is 24.1 Å². The van der Waals surface area contributed by atoms with Crippen molar-refractivity contribution in [3.63, 3.8) is 0 Å². The number of nitriles is 1. The highest BCUT2D eigenvalue weighted by atomic mass is 16.2. The van der Waals surface area contributed by atoms with Crippen LogP contribution in [0.2, 0.25) is 0 Å². The summed E-state index contributed by atoms with van der Waals surface area (Å²) in [6, 6.07) is 10.4. The molecule has 0 radical (unpaired) electrons. The Labute approximate surface area is 145 Å². The van der Waals surface area contributed by atoms with Crippen molar-refractivity contribution in [3.8, 4) is 6.07 Å². The first-order valence-corrected chi connectivity index (χ1v) is 8.85. The van der Waals surface area contributed by atoms with Crippen LogP contribution in [0.3, 0.4) is 0 Å². The van der Waals surface area contributed by atoms with Crippen molar-refractivity contribution in [1.82, 2.24) is 10.2 Å². The maximum absolute atomic E-state index is 12.6. The van der Waals surface area contributed by atoms with E-state index >= 15 is 0 Å². The molecule has 0 fully saturated rings. The molecule has 0 heterocycles. The maximum atomic E-state index is 12.6. The molecular formula is C20H27N3O. The molecule has 4 nitrogen and oxygen atoms in total. The second-order valence-corrected chi connectivity index (χ2v) is 6.29. The molecule has 2 rings (SSSR count). The van der Waals surface area contributed by atoms with Crippen LogP contribution in [0.25, 0.3) is 5.70 Å². The highest BCUT2D eigenvalue weighted by Gasteiger charge is 2.39. The molecule has 1 aromatic rings. The molecule has 0 saturated carbocycles. The van der Waals surface area contributed by atoms with Crippen LogP contribution < -0.4 is 5.32 Å². The van der Waals surface area contributed by atoms with E-state index in [-0.39, 0.29) is 11.4 Å². The molecule has 0 unspecified atom stereocenters. The monoisotopic (exact) mass is 325 g/mol. The fourth-order valence-corrected chi connectivity index (χ4v) is 3.63. The normalized spacial score (nSPS) is 15.5. The van der Waals surface area contributed by atoms with Gasteiger partial charge in [0.05, 0.1) is 17.3 Å². The third kappa shape index (κ3) is 3.03. The zero-order chi connectivity index (χ0) is 17.7. The summed E-state index contributed by atoms with van der Waals surface area (Å²) < 4.78 is 0. The minimum absolute atomic E-state index is 0.138. The van der Waals surface area contributed by atoms with Gasteiger partial charge >= 0.3 is 6.03 Å². The molecule has 0 atom stereocenters. The summed E-state index contributed by atoms with van der Waals surface area (Å²) in [7, 11) is 0. The Hall–Kier alpha value is -2.28. The van der Waals surface area contributed by atoms with E-state index in [0.29, 0.717) is 24.4 Å². The first kappa shape index (κ1) is 18.1. The van der Waals surface area contributed by atoms with Crippen molar-refractivity contribution in [2.24, 2.45) is 5.41 Å². The van der Waals surface area contributed by atoms with Crippen LogP contribution in [0.5, 0.6) is 0 Å². The van der Waals surface area contributed by atoms with Crippen molar-refractivity contribution in [2.45, 2.75) is 47.0 Å². The Balaban J connectivity index is 2.58. The van der Waals surface area contributed by atoms with E-state index in [9.17, 15) is 10.1 Å². The number of nitrogens with one attached hydrogen (secondary N) is 1. The van der Waals surface area contributed by atoms with Crippen molar-refractivity contribution >= 4 is 11.7 Å². The highest BCUT2D eigenvalue weighted by molar-refractivity contribution is 5.89. The molecule has 0 spiro atoms. The second kappa shape index (κ2) is 7.53. The minimum atomic E-state index is -0.199. The highest BCUT2D eigenvalue weighted by Crippen LogP contribution is 2.46. The predicted molar refractivity (Wildman–Crippen MR) is 97.1 cm³/mol. The standard InChI is InChI=1S/C20H27N3O/c1-5-20(6-2)13-15-11-9-10-12-16(15)18(17(20)14-21)22-19(24)23(7-3)8-4/h9-12H,5-8,13H2,1-4H3,(H,22,24). The minimum Gasteiger partial charge on any atom is -0.325 e. The molecule has 0 aromatic heterocycles. The first-order chi connectivity index (χ1) is 11.6. The number of fused-ring (bicyclic) bond motifs is 1. The van der Waals surface area contributed by atoms with Gasteiger partial charge in [-0.2, -0.15) is 5.26 Å². The lowest BCUT2D eigenvalue weighted by molar-refractivity contribution is 0.207. The molecule has 4 heteroatoms. The Kier molecular flexibility index (Phi) is 5.66. The molecule has 1 N–H and O–H groups in total. The lowest BCUT2D eigenvalue weighted by Crippen LogP contribution is -2.41. The lowest BCUT2D eigenvalue weighted by atomic mass is 9.66. The number of hydrogen-bond acceptors (Lipinski definition) is 2. The molecule has 24 heavy (non-hydrogen) atoms. The van der Waals surface area contributed by atoms with E-state index in [1.165, 1.54) is 5.56 Å². The van der Waals surface area contributed by atoms with Crippen LogP contribution in [0.1, 0.15) is 51.7 Å². The van der Waals surface area contributed by atoms with E-state index in [4.69, 9.17) is 0 Å². The molecule has 128 valence electrons. The zero-order valence-electron chi connectivity index (χ0n) is 15.1. The summed E-state index contributed by atoms with van der Waals surface area (Å²) in [5.74, 6) is 0. The lowest BCUT2D eigenvalue weighted by Gasteiger charge is -2.38. The summed E-state index contributed by atoms with van der Waals surface area (Å²) in [5, 5.41) is 12.9. The van der Waals surface area contributed by atoms with Gasteiger partial charge in [0.2, 0.25) is 0 Å². The van der Waals surface area contributed by atoms with E-state index < -0.39 is 0 Å². The van der Waals surface area contributed by atoms with Crippen molar-refractivity contribution in [1.29, 1.82) is 5.26 Å². The summed E-state index contributed by atoms with van der Waals surface area (Å²) >= 11 is 0. The third-order valence-electron chi connectivity index (χ3n) is 5.34. The van der Waals surface area contributed by atoms with Crippen LogP contribution >= 0.6 is 0 Å². The van der Waals surface area contributed by atoms with E-state index in [1.54, 1.807) is 4.90 Å². The van der Waals surface area contributed by atoms with Gasteiger partial charge in [-0.3, -0.25) is 0 Å². The van der Waals surface area contributed by atoms with Gasteiger partial charge in [-0.25, -0.2) is 4.79 Å². The number of hydrogen-bond donors (Lipinski definition) is 1. The topological polar surface area (TPSA) is 56.1 Å². The molecule has 1 aromatic carbocycles. The SMILES string of the molecule is CCN(CC)C(=O)NC1=C(C#N)C(CC)(CC)Cc2ccccc21. The molecular weight excluding hydrogens is 298 g/mol. The van der Waals surface area contributed by atoms with Crippen molar-refractivity contribution in [2.75, 3.05) is 13.1 Å². The average Bonchev–Trinajstić information content (AvgIpc) is 2.62. The molecule has 0 bridgehead atoms. The fraction of sp³-hybridized carbons (Fsp3) is 0.500. The number of rotatable bonds is 5. The molecule has 0 aliphatic heterocycles. The van der Waals surface area contributed by atoms with E-state index in [2.05, 4.69) is 31.3 Å². The van der Waals surface area contributed by atoms with Gasteiger partial charge in [0.15, 0.2) is 0 Å². The van der Waals surface area contributed by atoms with Crippen LogP contribution in [0.15, 0.2) is 29.8 Å². The Bertz CT molecular complexity index is 676. The van der Waals surface area contributed by atoms with Gasteiger partial charge in [-0.1, -0.05) is 38.1 Å². The number of allylic oxidation sites excluding steroid dienone is 1. The van der Waals surface area contributed by atoms with Crippen LogP contribution in [0, 0.1) is 16.7 Å². The van der Waals surface area contributed by atoms with Crippen molar-refractivity contribution in [3.05, 3.63) is 41.0 Å². The second-order valence-electron chi connectivity index (χ2n) is 6.29. The number of amides is 2. The predicted octanol–water partition coefficient (Wildman–Crippen LogP) is 4.34. The quantitative estimate of drug-likeness (QED) is 0.875. The van der Waals surface area contributed by atoms with Gasteiger partial charge < -0.3 is 10.2 Å². The largest absolute Gasteiger partial charge is 0.325 e. The Morgan fingerprint density at radius 3 is 2.38 bits per heavy atom. The molecule has 2 amide bonds. The van der Waals surface area contributed by atoms with Crippen LogP contribution in [-0.4, -0.2) is 24.0 Å². The van der Waals surface area contributed by atoms with Crippen LogP contribution in [-0.2, 0) is 6.42 Å². The maximum Gasteiger partial charge on any atom is 0.321 e. The Morgan fingerprint density at radius 2 is 1.83 bits per heavy atom. The molecule has 0 saturated heterocycles.